The fourth-order valence-corrected chi connectivity index (χ4v) is 2.10. The summed E-state index contributed by atoms with van der Waals surface area (Å²) >= 11 is 2.28. The third kappa shape index (κ3) is 5.24. The maximum absolute atomic E-state index is 11.6. The number of carbonyl (C=O) groups is 1. The van der Waals surface area contributed by atoms with Crippen molar-refractivity contribution in [2.45, 2.75) is 19.4 Å². The molecule has 2 N–H and O–H groups in total. The van der Waals surface area contributed by atoms with Crippen LogP contribution in [0.5, 0.6) is 0 Å². The van der Waals surface area contributed by atoms with Crippen molar-refractivity contribution in [1.29, 1.82) is 0 Å². The Morgan fingerprint density at radius 1 is 1.20 bits per heavy atom. The van der Waals surface area contributed by atoms with E-state index >= 15 is 0 Å². The highest BCUT2D eigenvalue weighted by Crippen LogP contribution is 2.11. The van der Waals surface area contributed by atoms with Crippen LogP contribution in [0.4, 0.5) is 5.69 Å². The summed E-state index contributed by atoms with van der Waals surface area (Å²) in [6, 6.07) is 11.8. The lowest BCUT2D eigenvalue weighted by atomic mass is 10.2. The number of carbonyl (C=O) groups excluding carboxylic acids is 1. The molecule has 0 aliphatic carbocycles. The third-order valence-electron chi connectivity index (χ3n) is 2.79. The smallest absolute Gasteiger partial charge is 0.220 e. The maximum atomic E-state index is 11.6. The molecule has 1 aromatic heterocycles. The number of furan rings is 1. The van der Waals surface area contributed by atoms with Gasteiger partial charge in [0.2, 0.25) is 5.91 Å². The molecule has 0 spiro atoms. The van der Waals surface area contributed by atoms with Gasteiger partial charge in [0.05, 0.1) is 12.8 Å². The van der Waals surface area contributed by atoms with Crippen molar-refractivity contribution in [3.8, 4) is 0 Å². The minimum atomic E-state index is 0.0470. The topological polar surface area (TPSA) is 54.3 Å². The van der Waals surface area contributed by atoms with Gasteiger partial charge < -0.3 is 15.1 Å². The van der Waals surface area contributed by atoms with Gasteiger partial charge in [0.1, 0.15) is 5.76 Å². The molecule has 2 rings (SSSR count). The van der Waals surface area contributed by atoms with Crippen LogP contribution in [-0.2, 0) is 11.3 Å². The summed E-state index contributed by atoms with van der Waals surface area (Å²) in [4.78, 5) is 11.6. The number of hydrogen-bond donors (Lipinski definition) is 2. The van der Waals surface area contributed by atoms with Crippen molar-refractivity contribution in [2.75, 3.05) is 11.9 Å². The van der Waals surface area contributed by atoms with Crippen LogP contribution in [0.1, 0.15) is 18.6 Å². The van der Waals surface area contributed by atoms with E-state index in [9.17, 15) is 4.79 Å². The van der Waals surface area contributed by atoms with Crippen molar-refractivity contribution < 1.29 is 9.21 Å². The molecule has 0 aliphatic heterocycles. The third-order valence-corrected chi connectivity index (χ3v) is 3.51. The molecule has 20 heavy (non-hydrogen) atoms. The van der Waals surface area contributed by atoms with Gasteiger partial charge in [-0.2, -0.15) is 0 Å². The standard InChI is InChI=1S/C15H17IN2O2/c16-12-5-7-13(8-6-12)17-9-1-4-15(19)18-11-14-3-2-10-20-14/h2-3,5-8,10,17H,1,4,9,11H2,(H,18,19). The summed E-state index contributed by atoms with van der Waals surface area (Å²) in [5.74, 6) is 0.821. The van der Waals surface area contributed by atoms with Crippen LogP contribution in [0.15, 0.2) is 47.1 Å². The van der Waals surface area contributed by atoms with Crippen molar-refractivity contribution in [1.82, 2.24) is 5.32 Å². The SMILES string of the molecule is O=C(CCCNc1ccc(I)cc1)NCc1ccco1. The average molecular weight is 384 g/mol. The van der Waals surface area contributed by atoms with Crippen LogP contribution >= 0.6 is 22.6 Å². The van der Waals surface area contributed by atoms with Crippen molar-refractivity contribution in [3.05, 3.63) is 52.0 Å². The first-order valence-electron chi connectivity index (χ1n) is 6.52. The quantitative estimate of drug-likeness (QED) is 0.569. The van der Waals surface area contributed by atoms with Crippen LogP contribution in [-0.4, -0.2) is 12.5 Å². The second-order valence-electron chi connectivity index (χ2n) is 4.39. The number of rotatable bonds is 7. The number of nitrogens with one attached hydrogen (secondary N) is 2. The fourth-order valence-electron chi connectivity index (χ4n) is 1.74. The van der Waals surface area contributed by atoms with Gasteiger partial charge in [0.25, 0.3) is 0 Å². The van der Waals surface area contributed by atoms with Gasteiger partial charge in [-0.1, -0.05) is 0 Å². The Kier molecular flexibility index (Phi) is 5.91. The fraction of sp³-hybridized carbons (Fsp3) is 0.267. The lowest BCUT2D eigenvalue weighted by Gasteiger charge is -2.06. The molecule has 0 bridgehead atoms. The molecule has 0 saturated heterocycles. The van der Waals surface area contributed by atoms with E-state index in [0.717, 1.165) is 24.4 Å². The van der Waals surface area contributed by atoms with Gasteiger partial charge in [0, 0.05) is 22.2 Å². The highest BCUT2D eigenvalue weighted by molar-refractivity contribution is 14.1. The van der Waals surface area contributed by atoms with E-state index in [1.807, 2.05) is 24.3 Å². The molecule has 1 amide bonds. The van der Waals surface area contributed by atoms with Gasteiger partial charge in [-0.05, 0) is 65.4 Å². The van der Waals surface area contributed by atoms with E-state index < -0.39 is 0 Å². The van der Waals surface area contributed by atoms with Gasteiger partial charge in [-0.3, -0.25) is 4.79 Å². The second-order valence-corrected chi connectivity index (χ2v) is 5.64. The number of anilines is 1. The molecule has 106 valence electrons. The lowest BCUT2D eigenvalue weighted by molar-refractivity contribution is -0.121. The molecule has 0 saturated carbocycles. The Balaban J connectivity index is 1.58. The summed E-state index contributed by atoms with van der Waals surface area (Å²) in [5, 5.41) is 6.12. The highest BCUT2D eigenvalue weighted by Gasteiger charge is 2.02. The molecule has 0 radical (unpaired) electrons. The minimum Gasteiger partial charge on any atom is -0.467 e. The van der Waals surface area contributed by atoms with Crippen LogP contribution in [0.3, 0.4) is 0 Å². The van der Waals surface area contributed by atoms with E-state index in [1.165, 1.54) is 3.57 Å². The van der Waals surface area contributed by atoms with Gasteiger partial charge in [-0.25, -0.2) is 0 Å². The minimum absolute atomic E-state index is 0.0470. The normalized spacial score (nSPS) is 10.2. The van der Waals surface area contributed by atoms with E-state index in [-0.39, 0.29) is 5.91 Å². The summed E-state index contributed by atoms with van der Waals surface area (Å²) in [6.07, 6.45) is 2.92. The molecular formula is C15H17IN2O2. The summed E-state index contributed by atoms with van der Waals surface area (Å²) in [7, 11) is 0. The molecule has 0 unspecified atom stereocenters. The zero-order valence-corrected chi connectivity index (χ0v) is 13.2. The number of benzene rings is 1. The Morgan fingerprint density at radius 3 is 2.70 bits per heavy atom. The van der Waals surface area contributed by atoms with Crippen LogP contribution in [0.25, 0.3) is 0 Å². The predicted octanol–water partition coefficient (Wildman–Crippen LogP) is 3.39. The maximum Gasteiger partial charge on any atom is 0.220 e. The molecule has 5 heteroatoms. The predicted molar refractivity (Wildman–Crippen MR) is 87.4 cm³/mol. The van der Waals surface area contributed by atoms with Crippen LogP contribution in [0, 0.1) is 3.57 Å². The van der Waals surface area contributed by atoms with E-state index in [4.69, 9.17) is 4.42 Å². The van der Waals surface area contributed by atoms with E-state index in [0.29, 0.717) is 13.0 Å². The van der Waals surface area contributed by atoms with Crippen molar-refractivity contribution >= 4 is 34.2 Å². The second kappa shape index (κ2) is 7.94. The number of amides is 1. The molecule has 1 heterocycles. The zero-order chi connectivity index (χ0) is 14.2. The van der Waals surface area contributed by atoms with Gasteiger partial charge in [-0.15, -0.1) is 0 Å². The number of halogens is 1. The monoisotopic (exact) mass is 384 g/mol. The molecule has 2 aromatic rings. The van der Waals surface area contributed by atoms with Crippen molar-refractivity contribution in [3.63, 3.8) is 0 Å². The van der Waals surface area contributed by atoms with Crippen LogP contribution < -0.4 is 10.6 Å². The first kappa shape index (κ1) is 14.9. The molecule has 0 fully saturated rings. The Labute approximate surface area is 132 Å². The molecule has 0 atom stereocenters. The average Bonchev–Trinajstić information content (AvgIpc) is 2.96. The Morgan fingerprint density at radius 2 is 2.00 bits per heavy atom. The van der Waals surface area contributed by atoms with E-state index in [2.05, 4.69) is 45.4 Å². The van der Waals surface area contributed by atoms with Crippen LogP contribution in [0.2, 0.25) is 0 Å². The molecule has 0 aliphatic rings. The summed E-state index contributed by atoms with van der Waals surface area (Å²) in [6.45, 7) is 1.24. The van der Waals surface area contributed by atoms with Gasteiger partial charge in [0.15, 0.2) is 0 Å². The lowest BCUT2D eigenvalue weighted by Crippen LogP contribution is -2.22. The Hall–Kier alpha value is -1.50. The largest absolute Gasteiger partial charge is 0.467 e. The first-order chi connectivity index (χ1) is 9.74. The Bertz CT molecular complexity index is 523. The first-order valence-corrected chi connectivity index (χ1v) is 7.60. The zero-order valence-electron chi connectivity index (χ0n) is 11.1. The molecule has 1 aromatic carbocycles. The summed E-state index contributed by atoms with van der Waals surface area (Å²) in [5.41, 5.74) is 1.08. The number of hydrogen-bond acceptors (Lipinski definition) is 3. The highest BCUT2D eigenvalue weighted by atomic mass is 127. The molecular weight excluding hydrogens is 367 g/mol. The molecule has 4 nitrogen and oxygen atoms in total. The van der Waals surface area contributed by atoms with Crippen molar-refractivity contribution in [2.24, 2.45) is 0 Å². The van der Waals surface area contributed by atoms with E-state index in [1.54, 1.807) is 6.26 Å². The van der Waals surface area contributed by atoms with Gasteiger partial charge >= 0.3 is 0 Å². The summed E-state index contributed by atoms with van der Waals surface area (Å²) < 4.78 is 6.36.